The molecule has 4 heterocycles. The predicted octanol–water partition coefficient (Wildman–Crippen LogP) is 5.77. The number of aromatic nitrogens is 4. The number of H-pyrrole nitrogens is 2. The van der Waals surface area contributed by atoms with Crippen molar-refractivity contribution in [2.24, 2.45) is 11.8 Å². The number of ether oxygens (including phenoxy) is 2. The van der Waals surface area contributed by atoms with Crippen LogP contribution >= 0.6 is 0 Å². The number of imidazole rings is 2. The highest BCUT2D eigenvalue weighted by Crippen LogP contribution is 2.51. The van der Waals surface area contributed by atoms with E-state index in [0.29, 0.717) is 23.5 Å². The van der Waals surface area contributed by atoms with Crippen LogP contribution in [0.4, 0.5) is 9.59 Å². The Labute approximate surface area is 347 Å². The number of likely N-dealkylation sites (tertiary alicyclic amines) is 2. The van der Waals surface area contributed by atoms with E-state index in [9.17, 15) is 29.4 Å². The number of aliphatic hydroxyl groups is 1. The predicted molar refractivity (Wildman–Crippen MR) is 219 cm³/mol. The van der Waals surface area contributed by atoms with Crippen LogP contribution in [0.1, 0.15) is 88.9 Å². The van der Waals surface area contributed by atoms with Crippen LogP contribution in [0.5, 0.6) is 0 Å². The van der Waals surface area contributed by atoms with Gasteiger partial charge in [-0.25, -0.2) is 19.6 Å². The number of carbonyl (C=O) groups excluding carboxylic acids is 3. The van der Waals surface area contributed by atoms with Crippen molar-refractivity contribution < 1.29 is 38.9 Å². The molecular formula is C44H52N8O8. The highest BCUT2D eigenvalue weighted by atomic mass is 16.5. The molecule has 2 aromatic heterocycles. The summed E-state index contributed by atoms with van der Waals surface area (Å²) >= 11 is 0. The highest BCUT2D eigenvalue weighted by Gasteiger charge is 2.51. The molecule has 2 aliphatic heterocycles. The minimum atomic E-state index is -1.27. The number of nitrogens with zero attached hydrogens (tertiary/aromatic N) is 4. The van der Waals surface area contributed by atoms with E-state index < -0.39 is 36.5 Å². The number of nitrogens with one attached hydrogen (secondary N) is 4. The molecule has 16 nitrogen and oxygen atoms in total. The summed E-state index contributed by atoms with van der Waals surface area (Å²) in [6.45, 7) is 3.19. The summed E-state index contributed by atoms with van der Waals surface area (Å²) in [6, 6.07) is 9.82. The summed E-state index contributed by atoms with van der Waals surface area (Å²) in [5, 5.41) is 25.0. The molecule has 0 radical (unpaired) electrons. The van der Waals surface area contributed by atoms with Gasteiger partial charge in [-0.15, -0.1) is 0 Å². The first kappa shape index (κ1) is 39.7. The van der Waals surface area contributed by atoms with E-state index in [1.165, 1.54) is 21.1 Å². The number of hydrogen-bond donors (Lipinski definition) is 6. The molecule has 4 fully saturated rings. The van der Waals surface area contributed by atoms with Gasteiger partial charge in [0.05, 0.1) is 42.8 Å². The Hall–Kier alpha value is -5.74. The molecular weight excluding hydrogens is 769 g/mol. The average molecular weight is 821 g/mol. The number of aliphatic hydroxyl groups excluding tert-OH is 1. The van der Waals surface area contributed by atoms with Crippen LogP contribution in [0.3, 0.4) is 0 Å². The summed E-state index contributed by atoms with van der Waals surface area (Å²) in [5.41, 5.74) is 7.88. The number of alkyl carbamates (subject to hydrolysis) is 1. The maximum atomic E-state index is 14.1. The van der Waals surface area contributed by atoms with E-state index in [1.807, 2.05) is 22.2 Å². The van der Waals surface area contributed by atoms with E-state index in [-0.39, 0.29) is 36.0 Å². The van der Waals surface area contributed by atoms with Gasteiger partial charge >= 0.3 is 12.2 Å². The molecule has 2 aromatic carbocycles. The van der Waals surface area contributed by atoms with Crippen molar-refractivity contribution in [1.82, 2.24) is 40.4 Å². The molecule has 316 valence electrons. The zero-order valence-electron chi connectivity index (χ0n) is 34.2. The molecule has 0 bridgehead atoms. The first-order chi connectivity index (χ1) is 28.9. The smallest absolute Gasteiger partial charge is 0.407 e. The van der Waals surface area contributed by atoms with Crippen LogP contribution in [0.25, 0.3) is 44.8 Å². The summed E-state index contributed by atoms with van der Waals surface area (Å²) in [6.07, 6.45) is 7.28. The number of carboxylic acid groups (broad SMARTS) is 1. The fourth-order valence-corrected chi connectivity index (χ4v) is 10.8. The largest absolute Gasteiger partial charge is 0.465 e. The Bertz CT molecular complexity index is 2320. The van der Waals surface area contributed by atoms with Crippen LogP contribution in [-0.4, -0.2) is 115 Å². The minimum Gasteiger partial charge on any atom is -0.465 e. The lowest BCUT2D eigenvalue weighted by atomic mass is 9.78. The van der Waals surface area contributed by atoms with Crippen molar-refractivity contribution in [3.8, 4) is 44.8 Å². The Morgan fingerprint density at radius 1 is 0.733 bits per heavy atom. The third kappa shape index (κ3) is 6.79. The zero-order valence-corrected chi connectivity index (χ0v) is 34.2. The SMILES string of the molecule is COC(=O)N[C@H](C(=O)N1[C@H](c2nc(-c3ccc4c(c3)-c3ccc(-c5c[nH]c([C@@H]6C[C@@H]7CCC[C@@H]7N6C(=O)[C@@H](NC(=O)O)[C@@H](C)OC)n5)cc3-4)c[nH]2)C[C@@H]2CCC[C@@H]21)[C@@H](C)O. The van der Waals surface area contributed by atoms with Gasteiger partial charge in [0.2, 0.25) is 11.8 Å². The van der Waals surface area contributed by atoms with Crippen LogP contribution in [0.2, 0.25) is 0 Å². The molecule has 3 aliphatic carbocycles. The Morgan fingerprint density at radius 3 is 1.68 bits per heavy atom. The van der Waals surface area contributed by atoms with Gasteiger partial charge in [-0.05, 0) is 98.6 Å². The summed E-state index contributed by atoms with van der Waals surface area (Å²) in [7, 11) is 2.70. The summed E-state index contributed by atoms with van der Waals surface area (Å²) in [4.78, 5) is 72.3. The van der Waals surface area contributed by atoms with Crippen molar-refractivity contribution in [1.29, 1.82) is 0 Å². The van der Waals surface area contributed by atoms with Crippen molar-refractivity contribution >= 4 is 24.0 Å². The fraction of sp³-hybridized carbons (Fsp3) is 0.500. The normalized spacial score (nSPS) is 25.6. The lowest BCUT2D eigenvalue weighted by molar-refractivity contribution is -0.140. The summed E-state index contributed by atoms with van der Waals surface area (Å²) < 4.78 is 10.2. The second-order valence-corrected chi connectivity index (χ2v) is 17.1. The highest BCUT2D eigenvalue weighted by molar-refractivity contribution is 6.04. The zero-order chi connectivity index (χ0) is 42.0. The fourth-order valence-electron chi connectivity index (χ4n) is 10.8. The van der Waals surface area contributed by atoms with E-state index in [0.717, 1.165) is 96.1 Å². The second kappa shape index (κ2) is 15.7. The number of amides is 4. The Morgan fingerprint density at radius 2 is 1.23 bits per heavy atom. The van der Waals surface area contributed by atoms with Crippen molar-refractivity contribution in [3.63, 3.8) is 0 Å². The second-order valence-electron chi connectivity index (χ2n) is 17.1. The standard InChI is InChI=1S/C44H52N8O8/c1-21(53)37(50-44(58)60-4)41(54)51-33-9-5-7-25(33)17-35(51)39-45-19-31(47-39)23-11-13-27-29(15-23)28-14-12-24(16-30(27)28)32-20-46-40(48-32)36-18-26-8-6-10-34(26)52(36)42(55)38(22(2)59-3)49-43(56)57/h11-16,19-22,25-26,33-38,49,53H,5-10,17-18H2,1-4H3,(H,45,47)(H,46,48)(H,50,58)(H,56,57)/t21-,22-,25+,26+,33+,34+,35+,36+,37+,38+/m1/s1. The average Bonchev–Trinajstić information content (AvgIpc) is 4.09. The number of aromatic amines is 2. The van der Waals surface area contributed by atoms with Gasteiger partial charge in [0.15, 0.2) is 0 Å². The first-order valence-corrected chi connectivity index (χ1v) is 21.0. The number of carbonyl (C=O) groups is 4. The van der Waals surface area contributed by atoms with E-state index in [1.54, 1.807) is 6.92 Å². The number of benzene rings is 2. The van der Waals surface area contributed by atoms with Crippen molar-refractivity contribution in [2.45, 2.75) is 114 Å². The van der Waals surface area contributed by atoms with E-state index in [2.05, 4.69) is 57.0 Å². The molecule has 10 atom stereocenters. The molecule has 0 spiro atoms. The van der Waals surface area contributed by atoms with Gasteiger partial charge in [-0.1, -0.05) is 37.1 Å². The number of methoxy groups -OCH3 is 2. The van der Waals surface area contributed by atoms with Crippen molar-refractivity contribution in [2.75, 3.05) is 14.2 Å². The molecule has 9 rings (SSSR count). The molecule has 5 aliphatic rings. The van der Waals surface area contributed by atoms with Gasteiger partial charge < -0.3 is 50.1 Å². The first-order valence-electron chi connectivity index (χ1n) is 21.0. The van der Waals surface area contributed by atoms with E-state index >= 15 is 0 Å². The lowest BCUT2D eigenvalue weighted by Gasteiger charge is -2.34. The Balaban J connectivity index is 0.928. The number of rotatable bonds is 11. The van der Waals surface area contributed by atoms with Crippen LogP contribution in [0, 0.1) is 11.8 Å². The Kier molecular flexibility index (Phi) is 10.4. The van der Waals surface area contributed by atoms with Gasteiger partial charge in [-0.2, -0.15) is 0 Å². The molecule has 60 heavy (non-hydrogen) atoms. The van der Waals surface area contributed by atoms with E-state index in [4.69, 9.17) is 19.4 Å². The molecule has 6 N–H and O–H groups in total. The van der Waals surface area contributed by atoms with Gasteiger partial charge in [-0.3, -0.25) is 9.59 Å². The monoisotopic (exact) mass is 820 g/mol. The summed E-state index contributed by atoms with van der Waals surface area (Å²) in [5.74, 6) is 1.38. The molecule has 0 unspecified atom stereocenters. The number of fused-ring (bicyclic) bond motifs is 6. The maximum absolute atomic E-state index is 14.1. The third-order valence-corrected chi connectivity index (χ3v) is 13.8. The molecule has 2 saturated heterocycles. The van der Waals surface area contributed by atoms with Crippen LogP contribution < -0.4 is 10.6 Å². The minimum absolute atomic E-state index is 0.00901. The third-order valence-electron chi connectivity index (χ3n) is 13.8. The quantitative estimate of drug-likeness (QED) is 0.0946. The van der Waals surface area contributed by atoms with Gasteiger partial charge in [0.1, 0.15) is 23.7 Å². The molecule has 4 aromatic rings. The maximum Gasteiger partial charge on any atom is 0.407 e. The van der Waals surface area contributed by atoms with Gasteiger partial charge in [0, 0.05) is 42.7 Å². The molecule has 2 saturated carbocycles. The van der Waals surface area contributed by atoms with Crippen molar-refractivity contribution in [3.05, 3.63) is 60.4 Å². The number of hydrogen-bond acceptors (Lipinski definition) is 9. The van der Waals surface area contributed by atoms with Gasteiger partial charge in [0.25, 0.3) is 0 Å². The molecule has 16 heteroatoms. The topological polar surface area (TPSA) is 215 Å². The van der Waals surface area contributed by atoms with Crippen LogP contribution in [0.15, 0.2) is 48.8 Å². The molecule has 4 amide bonds. The lowest BCUT2D eigenvalue weighted by Crippen LogP contribution is -2.55. The van der Waals surface area contributed by atoms with Crippen LogP contribution in [-0.2, 0) is 19.1 Å².